The van der Waals surface area contributed by atoms with Gasteiger partial charge in [0.2, 0.25) is 5.91 Å². The molecule has 2 fully saturated rings. The van der Waals surface area contributed by atoms with Crippen LogP contribution in [0, 0.1) is 23.2 Å². The maximum Gasteiger partial charge on any atom is 0.288 e. The predicted molar refractivity (Wildman–Crippen MR) is 143 cm³/mol. The zero-order valence-electron chi connectivity index (χ0n) is 21.8. The Hall–Kier alpha value is -2.65. The van der Waals surface area contributed by atoms with Crippen LogP contribution in [-0.4, -0.2) is 53.0 Å². The van der Waals surface area contributed by atoms with Gasteiger partial charge in [-0.1, -0.05) is 46.2 Å². The van der Waals surface area contributed by atoms with Crippen LogP contribution in [0.3, 0.4) is 0 Å². The van der Waals surface area contributed by atoms with Crippen LogP contribution in [0.2, 0.25) is 5.02 Å². The first-order valence-electron chi connectivity index (χ1n) is 12.7. The summed E-state index contributed by atoms with van der Waals surface area (Å²) in [6.07, 6.45) is 4.21. The van der Waals surface area contributed by atoms with Crippen LogP contribution in [0.4, 0.5) is 17.2 Å². The summed E-state index contributed by atoms with van der Waals surface area (Å²) in [6, 6.07) is 3.74. The highest BCUT2D eigenvalue weighted by Crippen LogP contribution is 2.48. The van der Waals surface area contributed by atoms with Gasteiger partial charge in [-0.3, -0.25) is 9.59 Å². The number of carbonyl (C=O) groups excluding carboxylic acids is 1. The number of pyridine rings is 1. The molecule has 0 radical (unpaired) electrons. The molecule has 1 saturated heterocycles. The van der Waals surface area contributed by atoms with Gasteiger partial charge in [0.05, 0.1) is 30.8 Å². The molecular weight excluding hydrogens is 480 g/mol. The normalized spacial score (nSPS) is 25.9. The summed E-state index contributed by atoms with van der Waals surface area (Å²) in [5.74, 6) is 1.73. The fourth-order valence-corrected chi connectivity index (χ4v) is 5.49. The van der Waals surface area contributed by atoms with Gasteiger partial charge in [0.15, 0.2) is 5.82 Å². The molecule has 0 unspecified atom stereocenters. The molecule has 196 valence electrons. The number of halogens is 1. The van der Waals surface area contributed by atoms with Crippen molar-refractivity contribution < 1.29 is 9.53 Å². The number of nitrogens with one attached hydrogen (secondary N) is 2. The van der Waals surface area contributed by atoms with E-state index in [0.29, 0.717) is 61.2 Å². The molecule has 2 aromatic heterocycles. The van der Waals surface area contributed by atoms with Gasteiger partial charge in [0, 0.05) is 25.3 Å². The van der Waals surface area contributed by atoms with E-state index >= 15 is 0 Å². The third-order valence-corrected chi connectivity index (χ3v) is 8.83. The topological polar surface area (TPSA) is 101 Å². The first-order valence-corrected chi connectivity index (χ1v) is 13.1. The van der Waals surface area contributed by atoms with E-state index in [2.05, 4.69) is 60.2 Å². The molecule has 36 heavy (non-hydrogen) atoms. The van der Waals surface area contributed by atoms with Gasteiger partial charge in [0.25, 0.3) is 5.56 Å². The van der Waals surface area contributed by atoms with Gasteiger partial charge >= 0.3 is 0 Å². The lowest BCUT2D eigenvalue weighted by molar-refractivity contribution is -0.117. The summed E-state index contributed by atoms with van der Waals surface area (Å²) in [6.45, 7) is 13.8. The summed E-state index contributed by atoms with van der Waals surface area (Å²) >= 11 is 6.47. The number of morpholine rings is 1. The molecule has 2 aliphatic rings. The fraction of sp³-hybridized carbons (Fsp3) is 0.615. The molecule has 10 heteroatoms. The quantitative estimate of drug-likeness (QED) is 0.600. The minimum absolute atomic E-state index is 0.0468. The number of nitrogens with zero attached hydrogens (tertiary/aromatic N) is 4. The molecular formula is C26H37ClN6O3. The summed E-state index contributed by atoms with van der Waals surface area (Å²) in [7, 11) is 0. The Kier molecular flexibility index (Phi) is 7.90. The molecule has 2 aromatic rings. The third kappa shape index (κ3) is 5.37. The summed E-state index contributed by atoms with van der Waals surface area (Å²) in [5.41, 5.74) is 0.837. The number of ether oxygens (including phenoxy) is 1. The number of anilines is 3. The van der Waals surface area contributed by atoms with E-state index in [9.17, 15) is 9.59 Å². The Bertz CT molecular complexity index is 1150. The molecule has 1 amide bonds. The average molecular weight is 517 g/mol. The summed E-state index contributed by atoms with van der Waals surface area (Å²) < 4.78 is 6.50. The van der Waals surface area contributed by atoms with Gasteiger partial charge in [-0.05, 0) is 41.7 Å². The highest BCUT2D eigenvalue weighted by Gasteiger charge is 2.43. The first-order chi connectivity index (χ1) is 17.1. The van der Waals surface area contributed by atoms with E-state index in [4.69, 9.17) is 16.3 Å². The zero-order valence-corrected chi connectivity index (χ0v) is 22.5. The van der Waals surface area contributed by atoms with Gasteiger partial charge in [-0.2, -0.15) is 5.10 Å². The Morgan fingerprint density at radius 1 is 1.22 bits per heavy atom. The largest absolute Gasteiger partial charge is 0.379 e. The maximum absolute atomic E-state index is 13.0. The highest BCUT2D eigenvalue weighted by molar-refractivity contribution is 6.32. The molecule has 0 spiro atoms. The second-order valence-corrected chi connectivity index (χ2v) is 11.1. The van der Waals surface area contributed by atoms with E-state index in [-0.39, 0.29) is 28.9 Å². The van der Waals surface area contributed by atoms with Crippen molar-refractivity contribution in [2.75, 3.05) is 41.8 Å². The molecule has 9 nitrogen and oxygen atoms in total. The Labute approximate surface area is 217 Å². The average Bonchev–Trinajstić information content (AvgIpc) is 2.87. The number of amides is 1. The van der Waals surface area contributed by atoms with Gasteiger partial charge in [0.1, 0.15) is 11.6 Å². The summed E-state index contributed by atoms with van der Waals surface area (Å²) in [5, 5.41) is 10.6. The van der Waals surface area contributed by atoms with Crippen LogP contribution in [0.15, 0.2) is 29.3 Å². The van der Waals surface area contributed by atoms with Gasteiger partial charge in [-0.15, -0.1) is 0 Å². The minimum Gasteiger partial charge on any atom is -0.379 e. The Balaban J connectivity index is 1.45. The van der Waals surface area contributed by atoms with E-state index < -0.39 is 5.56 Å². The second-order valence-electron chi connectivity index (χ2n) is 10.7. The molecule has 1 aliphatic heterocycles. The van der Waals surface area contributed by atoms with Crippen molar-refractivity contribution in [1.29, 1.82) is 0 Å². The van der Waals surface area contributed by atoms with Crippen LogP contribution in [0.1, 0.15) is 41.0 Å². The van der Waals surface area contributed by atoms with E-state index in [1.54, 1.807) is 24.5 Å². The number of hydrogen-bond acceptors (Lipinski definition) is 7. The van der Waals surface area contributed by atoms with Gasteiger partial charge in [-0.25, -0.2) is 9.67 Å². The van der Waals surface area contributed by atoms with Crippen molar-refractivity contribution in [2.45, 2.75) is 53.6 Å². The van der Waals surface area contributed by atoms with Crippen molar-refractivity contribution in [2.24, 2.45) is 23.2 Å². The van der Waals surface area contributed by atoms with Crippen LogP contribution in [0.5, 0.6) is 0 Å². The van der Waals surface area contributed by atoms with Crippen LogP contribution >= 0.6 is 11.6 Å². The van der Waals surface area contributed by atoms with Crippen molar-refractivity contribution in [3.05, 3.63) is 39.9 Å². The lowest BCUT2D eigenvalue weighted by Crippen LogP contribution is -2.48. The van der Waals surface area contributed by atoms with Gasteiger partial charge < -0.3 is 20.3 Å². The smallest absolute Gasteiger partial charge is 0.288 e. The predicted octanol–water partition coefficient (Wildman–Crippen LogP) is 3.89. The molecule has 3 heterocycles. The van der Waals surface area contributed by atoms with Crippen molar-refractivity contribution in [3.8, 4) is 0 Å². The molecule has 4 rings (SSSR count). The maximum atomic E-state index is 13.0. The lowest BCUT2D eigenvalue weighted by Gasteiger charge is -2.50. The van der Waals surface area contributed by atoms with Crippen molar-refractivity contribution >= 4 is 34.7 Å². The minimum atomic E-state index is -0.499. The number of aromatic nitrogens is 3. The number of hydrogen-bond donors (Lipinski definition) is 2. The van der Waals surface area contributed by atoms with E-state index in [0.717, 1.165) is 11.1 Å². The van der Waals surface area contributed by atoms with Crippen LogP contribution < -0.4 is 21.1 Å². The molecule has 1 aliphatic carbocycles. The number of carbonyl (C=O) groups is 1. The Morgan fingerprint density at radius 3 is 2.67 bits per heavy atom. The van der Waals surface area contributed by atoms with Crippen LogP contribution in [-0.2, 0) is 16.1 Å². The third-order valence-electron chi connectivity index (χ3n) is 8.47. The van der Waals surface area contributed by atoms with Crippen molar-refractivity contribution in [1.82, 2.24) is 14.8 Å². The van der Waals surface area contributed by atoms with E-state index in [1.807, 2.05) is 0 Å². The fourth-order valence-electron chi connectivity index (χ4n) is 5.29. The molecule has 4 atom stereocenters. The Morgan fingerprint density at radius 2 is 1.94 bits per heavy atom. The monoisotopic (exact) mass is 516 g/mol. The second kappa shape index (κ2) is 10.8. The standard InChI is InChI=1S/C26H37ClN6O3/c1-16-13-20(17(2)18(3)26(16,4)5)30-21-14-29-33(25(35)23(21)27)15-22(34)31-19-7-6-8-28-24(19)32-9-11-36-12-10-32/h6-8,14,16-18,20,30H,9-13,15H2,1-5H3,(H,31,34)/t16-,17+,18+,20+/m0/s1. The highest BCUT2D eigenvalue weighted by atomic mass is 35.5. The molecule has 2 N–H and O–H groups in total. The zero-order chi connectivity index (χ0) is 26.0. The molecule has 0 aromatic carbocycles. The first kappa shape index (κ1) is 26.4. The molecule has 1 saturated carbocycles. The number of rotatable bonds is 6. The van der Waals surface area contributed by atoms with Crippen molar-refractivity contribution in [3.63, 3.8) is 0 Å². The lowest BCUT2D eigenvalue weighted by atomic mass is 9.58. The summed E-state index contributed by atoms with van der Waals surface area (Å²) in [4.78, 5) is 32.3. The SMILES string of the molecule is C[C@@H]1[C@@H](C)C(C)(C)[C@@H](C)C[C@H]1Nc1cnn(CC(=O)Nc2cccnc2N2CCOCC2)c(=O)c1Cl. The van der Waals surface area contributed by atoms with Crippen LogP contribution in [0.25, 0.3) is 0 Å². The molecule has 0 bridgehead atoms. The van der Waals surface area contributed by atoms with E-state index in [1.165, 1.54) is 0 Å².